The number of carbonyl (C=O) groups is 1. The van der Waals surface area contributed by atoms with Gasteiger partial charge >= 0.3 is 0 Å². The molecule has 0 saturated carbocycles. The minimum atomic E-state index is -0.0664. The molecule has 3 nitrogen and oxygen atoms in total. The molecule has 0 saturated heterocycles. The van der Waals surface area contributed by atoms with Gasteiger partial charge in [0.1, 0.15) is 0 Å². The highest BCUT2D eigenvalue weighted by molar-refractivity contribution is 5.89. The van der Waals surface area contributed by atoms with Crippen LogP contribution in [-0.2, 0) is 4.79 Å². The third-order valence-corrected chi connectivity index (χ3v) is 2.98. The SMILES string of the molecule is CC(=O)Nc1cccc(Nc2ccc(C)c(C)c2)c1. The molecule has 3 heteroatoms. The zero-order valence-corrected chi connectivity index (χ0v) is 11.4. The Hall–Kier alpha value is -2.29. The van der Waals surface area contributed by atoms with Crippen LogP contribution in [0.3, 0.4) is 0 Å². The Labute approximate surface area is 113 Å². The summed E-state index contributed by atoms with van der Waals surface area (Å²) >= 11 is 0. The topological polar surface area (TPSA) is 41.1 Å². The van der Waals surface area contributed by atoms with Crippen molar-refractivity contribution in [2.75, 3.05) is 10.6 Å². The number of benzene rings is 2. The first-order valence-corrected chi connectivity index (χ1v) is 6.26. The van der Waals surface area contributed by atoms with E-state index in [0.717, 1.165) is 17.1 Å². The minimum absolute atomic E-state index is 0.0664. The van der Waals surface area contributed by atoms with Gasteiger partial charge in [0.2, 0.25) is 5.91 Å². The van der Waals surface area contributed by atoms with Crippen molar-refractivity contribution >= 4 is 23.0 Å². The Kier molecular flexibility index (Phi) is 3.85. The number of amides is 1. The molecule has 0 atom stereocenters. The van der Waals surface area contributed by atoms with Crippen LogP contribution in [0.25, 0.3) is 0 Å². The number of hydrogen-bond acceptors (Lipinski definition) is 2. The summed E-state index contributed by atoms with van der Waals surface area (Å²) in [5.74, 6) is -0.0664. The van der Waals surface area contributed by atoms with Gasteiger partial charge in [0.05, 0.1) is 0 Å². The summed E-state index contributed by atoms with van der Waals surface area (Å²) in [5, 5.41) is 6.11. The molecule has 0 heterocycles. The number of aryl methyl sites for hydroxylation is 2. The normalized spacial score (nSPS) is 10.1. The van der Waals surface area contributed by atoms with E-state index in [4.69, 9.17) is 0 Å². The lowest BCUT2D eigenvalue weighted by Crippen LogP contribution is -2.05. The fraction of sp³-hybridized carbons (Fsp3) is 0.188. The molecule has 0 aliphatic heterocycles. The third kappa shape index (κ3) is 3.58. The van der Waals surface area contributed by atoms with Gasteiger partial charge in [-0.1, -0.05) is 12.1 Å². The van der Waals surface area contributed by atoms with Gasteiger partial charge in [0.15, 0.2) is 0 Å². The van der Waals surface area contributed by atoms with Crippen LogP contribution >= 0.6 is 0 Å². The number of hydrogen-bond donors (Lipinski definition) is 2. The summed E-state index contributed by atoms with van der Waals surface area (Å²) in [4.78, 5) is 11.0. The van der Waals surface area contributed by atoms with E-state index in [-0.39, 0.29) is 5.91 Å². The smallest absolute Gasteiger partial charge is 0.221 e. The van der Waals surface area contributed by atoms with Gasteiger partial charge < -0.3 is 10.6 Å². The zero-order valence-electron chi connectivity index (χ0n) is 11.4. The highest BCUT2D eigenvalue weighted by Crippen LogP contribution is 2.22. The van der Waals surface area contributed by atoms with E-state index < -0.39 is 0 Å². The highest BCUT2D eigenvalue weighted by Gasteiger charge is 2.00. The molecule has 1 amide bonds. The van der Waals surface area contributed by atoms with Crippen LogP contribution in [0.15, 0.2) is 42.5 Å². The number of nitrogens with one attached hydrogen (secondary N) is 2. The first-order valence-electron chi connectivity index (χ1n) is 6.26. The summed E-state index contributed by atoms with van der Waals surface area (Å²) < 4.78 is 0. The fourth-order valence-electron chi connectivity index (χ4n) is 1.86. The van der Waals surface area contributed by atoms with E-state index in [9.17, 15) is 4.79 Å². The van der Waals surface area contributed by atoms with Crippen LogP contribution in [0.4, 0.5) is 17.1 Å². The second-order valence-corrected chi connectivity index (χ2v) is 4.69. The predicted octanol–water partition coefficient (Wildman–Crippen LogP) is 4.01. The molecule has 2 rings (SSSR count). The molecular formula is C16H18N2O. The zero-order chi connectivity index (χ0) is 13.8. The highest BCUT2D eigenvalue weighted by atomic mass is 16.1. The van der Waals surface area contributed by atoms with Crippen molar-refractivity contribution in [3.63, 3.8) is 0 Å². The molecule has 0 radical (unpaired) electrons. The maximum absolute atomic E-state index is 11.0. The van der Waals surface area contributed by atoms with E-state index in [0.29, 0.717) is 0 Å². The molecule has 2 N–H and O–H groups in total. The van der Waals surface area contributed by atoms with Crippen LogP contribution in [-0.4, -0.2) is 5.91 Å². The Morgan fingerprint density at radius 1 is 0.895 bits per heavy atom. The van der Waals surface area contributed by atoms with Crippen LogP contribution in [0.2, 0.25) is 0 Å². The predicted molar refractivity (Wildman–Crippen MR) is 79.9 cm³/mol. The second-order valence-electron chi connectivity index (χ2n) is 4.69. The first-order chi connectivity index (χ1) is 9.04. The van der Waals surface area contributed by atoms with E-state index in [1.807, 2.05) is 30.3 Å². The van der Waals surface area contributed by atoms with Crippen molar-refractivity contribution in [3.05, 3.63) is 53.6 Å². The molecule has 0 fully saturated rings. The summed E-state index contributed by atoms with van der Waals surface area (Å²) in [6, 6.07) is 13.9. The Balaban J connectivity index is 2.18. The molecule has 0 bridgehead atoms. The van der Waals surface area contributed by atoms with Crippen LogP contribution in [0.1, 0.15) is 18.1 Å². The number of carbonyl (C=O) groups excluding carboxylic acids is 1. The van der Waals surface area contributed by atoms with Crippen molar-refractivity contribution < 1.29 is 4.79 Å². The maximum Gasteiger partial charge on any atom is 0.221 e. The van der Waals surface area contributed by atoms with Gasteiger partial charge in [-0.3, -0.25) is 4.79 Å². The van der Waals surface area contributed by atoms with Gasteiger partial charge in [0, 0.05) is 24.0 Å². The lowest BCUT2D eigenvalue weighted by atomic mass is 10.1. The summed E-state index contributed by atoms with van der Waals surface area (Å²) in [5.41, 5.74) is 5.32. The van der Waals surface area contributed by atoms with E-state index in [2.05, 4.69) is 36.6 Å². The van der Waals surface area contributed by atoms with Crippen molar-refractivity contribution in [1.82, 2.24) is 0 Å². The molecule has 0 aliphatic carbocycles. The molecule has 2 aromatic carbocycles. The van der Waals surface area contributed by atoms with Crippen molar-refractivity contribution in [2.24, 2.45) is 0 Å². The van der Waals surface area contributed by atoms with Crippen LogP contribution in [0.5, 0.6) is 0 Å². The second kappa shape index (κ2) is 5.57. The van der Waals surface area contributed by atoms with Crippen molar-refractivity contribution in [1.29, 1.82) is 0 Å². The minimum Gasteiger partial charge on any atom is -0.355 e. The van der Waals surface area contributed by atoms with E-state index >= 15 is 0 Å². The quantitative estimate of drug-likeness (QED) is 0.869. The number of anilines is 3. The third-order valence-electron chi connectivity index (χ3n) is 2.98. The summed E-state index contributed by atoms with van der Waals surface area (Å²) in [6.07, 6.45) is 0. The molecule has 98 valence electrons. The van der Waals surface area contributed by atoms with Crippen LogP contribution < -0.4 is 10.6 Å². The average molecular weight is 254 g/mol. The first kappa shape index (κ1) is 13.1. The summed E-state index contributed by atoms with van der Waals surface area (Å²) in [7, 11) is 0. The van der Waals surface area contributed by atoms with Gasteiger partial charge in [-0.15, -0.1) is 0 Å². The van der Waals surface area contributed by atoms with Gasteiger partial charge in [-0.2, -0.15) is 0 Å². The van der Waals surface area contributed by atoms with E-state index in [1.54, 1.807) is 0 Å². The largest absolute Gasteiger partial charge is 0.355 e. The molecule has 19 heavy (non-hydrogen) atoms. The lowest BCUT2D eigenvalue weighted by molar-refractivity contribution is -0.114. The Morgan fingerprint density at radius 3 is 2.26 bits per heavy atom. The van der Waals surface area contributed by atoms with Gasteiger partial charge in [-0.25, -0.2) is 0 Å². The summed E-state index contributed by atoms with van der Waals surface area (Å²) in [6.45, 7) is 5.69. The molecule has 2 aromatic rings. The van der Waals surface area contributed by atoms with E-state index in [1.165, 1.54) is 18.1 Å². The average Bonchev–Trinajstić information content (AvgIpc) is 2.33. The Bertz CT molecular complexity index is 605. The van der Waals surface area contributed by atoms with Crippen molar-refractivity contribution in [2.45, 2.75) is 20.8 Å². The molecular weight excluding hydrogens is 236 g/mol. The Morgan fingerprint density at radius 2 is 1.58 bits per heavy atom. The number of rotatable bonds is 3. The van der Waals surface area contributed by atoms with Gasteiger partial charge in [-0.05, 0) is 55.3 Å². The molecule has 0 aliphatic rings. The van der Waals surface area contributed by atoms with Crippen molar-refractivity contribution in [3.8, 4) is 0 Å². The monoisotopic (exact) mass is 254 g/mol. The molecule has 0 unspecified atom stereocenters. The van der Waals surface area contributed by atoms with Crippen LogP contribution in [0, 0.1) is 13.8 Å². The van der Waals surface area contributed by atoms with Gasteiger partial charge in [0.25, 0.3) is 0 Å². The maximum atomic E-state index is 11.0. The standard InChI is InChI=1S/C16H18N2O/c1-11-7-8-16(9-12(11)2)18-15-6-4-5-14(10-15)17-13(3)19/h4-10,18H,1-3H3,(H,17,19). The fourth-order valence-corrected chi connectivity index (χ4v) is 1.86. The lowest BCUT2D eigenvalue weighted by Gasteiger charge is -2.10. The molecule has 0 aromatic heterocycles. The molecule has 0 spiro atoms.